The fraction of sp³-hybridized carbons (Fsp3) is 0.467. The number of carbonyl (C=O) groups excluding carboxylic acids is 1. The van der Waals surface area contributed by atoms with Crippen LogP contribution in [0, 0.1) is 11.8 Å². The van der Waals surface area contributed by atoms with Crippen molar-refractivity contribution in [1.29, 1.82) is 0 Å². The van der Waals surface area contributed by atoms with E-state index in [1.165, 1.54) is 12.8 Å². The van der Waals surface area contributed by atoms with E-state index in [4.69, 9.17) is 5.11 Å². The van der Waals surface area contributed by atoms with Gasteiger partial charge in [-0.2, -0.15) is 0 Å². The summed E-state index contributed by atoms with van der Waals surface area (Å²) in [6.45, 7) is 0.919. The molecule has 1 aromatic rings. The summed E-state index contributed by atoms with van der Waals surface area (Å²) in [6.07, 6.45) is 3.55. The molecule has 3 aliphatic rings. The minimum atomic E-state index is -0.970. The summed E-state index contributed by atoms with van der Waals surface area (Å²) < 4.78 is 0. The van der Waals surface area contributed by atoms with E-state index in [1.54, 1.807) is 12.1 Å². The number of nitrogens with zero attached hydrogens (tertiary/aromatic N) is 1. The zero-order valence-electron chi connectivity index (χ0n) is 11.0. The van der Waals surface area contributed by atoms with Crippen LogP contribution in [-0.4, -0.2) is 29.6 Å². The standard InChI is InChI=1S/C15H16N2O3/c18-14-13-10-3-1-2-9(10)7-17(13)12-5-4-8(15(19)20)6-11(12)16-14/h4-6,9-10,13H,1-3,7H2,(H,16,18)(H,19,20). The first-order valence-corrected chi connectivity index (χ1v) is 7.10. The summed E-state index contributed by atoms with van der Waals surface area (Å²) in [5, 5.41) is 11.9. The van der Waals surface area contributed by atoms with Gasteiger partial charge in [-0.25, -0.2) is 4.79 Å². The fourth-order valence-corrected chi connectivity index (χ4v) is 4.12. The Morgan fingerprint density at radius 3 is 3.00 bits per heavy atom. The van der Waals surface area contributed by atoms with E-state index >= 15 is 0 Å². The van der Waals surface area contributed by atoms with E-state index < -0.39 is 5.97 Å². The van der Waals surface area contributed by atoms with E-state index in [0.717, 1.165) is 18.7 Å². The summed E-state index contributed by atoms with van der Waals surface area (Å²) in [5.41, 5.74) is 1.81. The number of hydrogen-bond acceptors (Lipinski definition) is 3. The number of fused-ring (bicyclic) bond motifs is 5. The normalized spacial score (nSPS) is 30.5. The Bertz CT molecular complexity index is 613. The summed E-state index contributed by atoms with van der Waals surface area (Å²) in [4.78, 5) is 25.6. The second-order valence-corrected chi connectivity index (χ2v) is 5.98. The van der Waals surface area contributed by atoms with Crippen LogP contribution in [-0.2, 0) is 4.79 Å². The SMILES string of the molecule is O=C(O)c1ccc2c(c1)NC(=O)C1C3CCCC3CN21. The highest BCUT2D eigenvalue weighted by Gasteiger charge is 2.49. The average Bonchev–Trinajstić information content (AvgIpc) is 2.97. The van der Waals surface area contributed by atoms with Crippen molar-refractivity contribution in [1.82, 2.24) is 0 Å². The molecule has 1 aliphatic carbocycles. The lowest BCUT2D eigenvalue weighted by Crippen LogP contribution is -2.46. The number of carboxylic acids is 1. The molecule has 0 radical (unpaired) electrons. The van der Waals surface area contributed by atoms with Gasteiger partial charge in [-0.05, 0) is 42.9 Å². The maximum Gasteiger partial charge on any atom is 0.335 e. The van der Waals surface area contributed by atoms with Gasteiger partial charge in [0.1, 0.15) is 6.04 Å². The Kier molecular flexibility index (Phi) is 2.34. The number of carboxylic acid groups (broad SMARTS) is 1. The van der Waals surface area contributed by atoms with Gasteiger partial charge in [0, 0.05) is 6.54 Å². The Hall–Kier alpha value is -2.04. The molecule has 2 aliphatic heterocycles. The van der Waals surface area contributed by atoms with E-state index in [1.807, 2.05) is 6.07 Å². The van der Waals surface area contributed by atoms with E-state index in [2.05, 4.69) is 10.2 Å². The number of benzene rings is 1. The van der Waals surface area contributed by atoms with Crippen molar-refractivity contribution >= 4 is 23.3 Å². The third kappa shape index (κ3) is 1.49. The zero-order chi connectivity index (χ0) is 13.9. The minimum Gasteiger partial charge on any atom is -0.478 e. The van der Waals surface area contributed by atoms with Crippen LogP contribution in [0.4, 0.5) is 11.4 Å². The van der Waals surface area contributed by atoms with E-state index in [9.17, 15) is 9.59 Å². The van der Waals surface area contributed by atoms with Crippen LogP contribution < -0.4 is 10.2 Å². The first-order chi connectivity index (χ1) is 9.65. The molecule has 2 N–H and O–H groups in total. The Morgan fingerprint density at radius 2 is 2.20 bits per heavy atom. The molecule has 0 spiro atoms. The Balaban J connectivity index is 1.77. The third-order valence-corrected chi connectivity index (χ3v) is 4.97. The van der Waals surface area contributed by atoms with Gasteiger partial charge in [-0.15, -0.1) is 0 Å². The summed E-state index contributed by atoms with van der Waals surface area (Å²) >= 11 is 0. The van der Waals surface area contributed by atoms with Crippen LogP contribution >= 0.6 is 0 Å². The molecule has 104 valence electrons. The summed E-state index contributed by atoms with van der Waals surface area (Å²) in [5.74, 6) is 0.120. The lowest BCUT2D eigenvalue weighted by molar-refractivity contribution is -0.118. The van der Waals surface area contributed by atoms with Gasteiger partial charge in [-0.1, -0.05) is 6.42 Å². The minimum absolute atomic E-state index is 0.0226. The Morgan fingerprint density at radius 1 is 1.35 bits per heavy atom. The van der Waals surface area contributed by atoms with Crippen LogP contribution in [0.15, 0.2) is 18.2 Å². The molecule has 5 heteroatoms. The highest BCUT2D eigenvalue weighted by Crippen LogP contribution is 2.47. The molecule has 1 saturated heterocycles. The van der Waals surface area contributed by atoms with Gasteiger partial charge < -0.3 is 15.3 Å². The van der Waals surface area contributed by atoms with E-state index in [0.29, 0.717) is 17.5 Å². The quantitative estimate of drug-likeness (QED) is 0.819. The van der Waals surface area contributed by atoms with Crippen molar-refractivity contribution in [2.24, 2.45) is 11.8 Å². The van der Waals surface area contributed by atoms with Crippen LogP contribution in [0.5, 0.6) is 0 Å². The van der Waals surface area contributed by atoms with Crippen LogP contribution in [0.25, 0.3) is 0 Å². The van der Waals surface area contributed by atoms with Crippen molar-refractivity contribution in [3.63, 3.8) is 0 Å². The van der Waals surface area contributed by atoms with Crippen LogP contribution in [0.3, 0.4) is 0 Å². The van der Waals surface area contributed by atoms with Crippen molar-refractivity contribution in [2.45, 2.75) is 25.3 Å². The van der Waals surface area contributed by atoms with Crippen molar-refractivity contribution in [2.75, 3.05) is 16.8 Å². The number of rotatable bonds is 1. The fourth-order valence-electron chi connectivity index (χ4n) is 4.12. The third-order valence-electron chi connectivity index (χ3n) is 4.97. The van der Waals surface area contributed by atoms with Crippen LogP contribution in [0.1, 0.15) is 29.6 Å². The molecule has 4 rings (SSSR count). The van der Waals surface area contributed by atoms with Gasteiger partial charge >= 0.3 is 5.97 Å². The molecule has 0 bridgehead atoms. The molecule has 1 saturated carbocycles. The maximum absolute atomic E-state index is 12.4. The van der Waals surface area contributed by atoms with Gasteiger partial charge in [0.05, 0.1) is 16.9 Å². The first-order valence-electron chi connectivity index (χ1n) is 7.10. The average molecular weight is 272 g/mol. The number of hydrogen-bond donors (Lipinski definition) is 2. The highest BCUT2D eigenvalue weighted by molar-refractivity contribution is 6.05. The largest absolute Gasteiger partial charge is 0.478 e. The summed E-state index contributed by atoms with van der Waals surface area (Å²) in [6, 6.07) is 4.93. The predicted octanol–water partition coefficient (Wildman–Crippen LogP) is 1.94. The molecular formula is C15H16N2O3. The molecule has 3 unspecified atom stereocenters. The summed E-state index contributed by atoms with van der Waals surface area (Å²) in [7, 11) is 0. The highest BCUT2D eigenvalue weighted by atomic mass is 16.4. The van der Waals surface area contributed by atoms with Gasteiger partial charge in [0.2, 0.25) is 5.91 Å². The molecule has 5 nitrogen and oxygen atoms in total. The topological polar surface area (TPSA) is 69.6 Å². The number of carbonyl (C=O) groups is 2. The molecule has 2 fully saturated rings. The molecule has 1 amide bonds. The lowest BCUT2D eigenvalue weighted by Gasteiger charge is -2.35. The second kappa shape index (κ2) is 3.98. The predicted molar refractivity (Wildman–Crippen MR) is 74.0 cm³/mol. The number of nitrogens with one attached hydrogen (secondary N) is 1. The molecule has 3 atom stereocenters. The van der Waals surface area contributed by atoms with Gasteiger partial charge in [0.25, 0.3) is 0 Å². The smallest absolute Gasteiger partial charge is 0.335 e. The molecule has 0 aromatic heterocycles. The van der Waals surface area contributed by atoms with E-state index in [-0.39, 0.29) is 17.5 Å². The van der Waals surface area contributed by atoms with Crippen molar-refractivity contribution in [3.05, 3.63) is 23.8 Å². The Labute approximate surface area is 116 Å². The molecule has 1 aromatic carbocycles. The van der Waals surface area contributed by atoms with Crippen molar-refractivity contribution < 1.29 is 14.7 Å². The molecule has 20 heavy (non-hydrogen) atoms. The number of amides is 1. The maximum atomic E-state index is 12.4. The monoisotopic (exact) mass is 272 g/mol. The molecular weight excluding hydrogens is 256 g/mol. The molecule has 2 heterocycles. The van der Waals surface area contributed by atoms with Crippen molar-refractivity contribution in [3.8, 4) is 0 Å². The van der Waals surface area contributed by atoms with Gasteiger partial charge in [-0.3, -0.25) is 4.79 Å². The first kappa shape index (κ1) is 11.8. The van der Waals surface area contributed by atoms with Crippen LogP contribution in [0.2, 0.25) is 0 Å². The number of aromatic carboxylic acids is 1. The number of anilines is 2. The second-order valence-electron chi connectivity index (χ2n) is 5.98. The zero-order valence-corrected chi connectivity index (χ0v) is 11.0. The lowest BCUT2D eigenvalue weighted by atomic mass is 9.92. The van der Waals surface area contributed by atoms with Gasteiger partial charge in [0.15, 0.2) is 0 Å².